The number of hydrogen-bond donors (Lipinski definition) is 4. The lowest BCUT2D eigenvalue weighted by atomic mass is 9.96. The lowest BCUT2D eigenvalue weighted by molar-refractivity contribution is -0.142. The molecular formula is C33H63N3O5. The number of hydrogen-bond acceptors (Lipinski definition) is 5. The molecule has 4 N–H and O–H groups in total. The number of amides is 2. The van der Waals surface area contributed by atoms with E-state index in [1.54, 1.807) is 0 Å². The zero-order chi connectivity index (χ0) is 30.9. The fraction of sp³-hybridized carbons (Fsp3) is 0.879. The molecule has 0 aliphatic rings. The smallest absolute Gasteiger partial charge is 0.326 e. The summed E-state index contributed by atoms with van der Waals surface area (Å²) in [6.45, 7) is 10.6. The number of Topliss-reactive ketones (excluding diaryl/α,β-unsaturated/α-hetero) is 1. The summed E-state index contributed by atoms with van der Waals surface area (Å²) in [7, 11) is 0. The van der Waals surface area contributed by atoms with Gasteiger partial charge >= 0.3 is 5.97 Å². The van der Waals surface area contributed by atoms with Crippen LogP contribution in [0.4, 0.5) is 0 Å². The summed E-state index contributed by atoms with van der Waals surface area (Å²) in [6.07, 6.45) is 18.7. The Bertz CT molecular complexity index is 711. The maximum absolute atomic E-state index is 12.4. The zero-order valence-corrected chi connectivity index (χ0v) is 27.0. The summed E-state index contributed by atoms with van der Waals surface area (Å²) in [4.78, 5) is 48.5. The van der Waals surface area contributed by atoms with Gasteiger partial charge < -0.3 is 21.1 Å². The average molecular weight is 582 g/mol. The van der Waals surface area contributed by atoms with Crippen LogP contribution in [0.15, 0.2) is 0 Å². The first-order chi connectivity index (χ1) is 19.6. The Hall–Kier alpha value is -1.96. The van der Waals surface area contributed by atoms with Crippen molar-refractivity contribution >= 4 is 23.6 Å². The van der Waals surface area contributed by atoms with E-state index in [-0.39, 0.29) is 48.4 Å². The van der Waals surface area contributed by atoms with Crippen LogP contribution >= 0.6 is 0 Å². The number of carboxylic acids is 1. The van der Waals surface area contributed by atoms with Crippen molar-refractivity contribution in [2.75, 3.05) is 6.54 Å². The molecular weight excluding hydrogens is 518 g/mol. The van der Waals surface area contributed by atoms with Crippen molar-refractivity contribution in [2.45, 2.75) is 175 Å². The van der Waals surface area contributed by atoms with E-state index in [0.29, 0.717) is 13.0 Å². The standard InChI is InChI=1S/C33H63N3O5/c1-6-7-8-9-10-11-12-13-14-15-16-17-18-22-31(38)36-29(33(40)41)23-24-30(37)34-25-20-19-21-28(35-27(4)5)32(39)26(2)3/h26-29,35H,6-25H2,1-5H3,(H,34,37)(H,36,38)(H,40,41)/t28-,29-/m0/s1. The molecule has 0 heterocycles. The number of ketones is 1. The largest absolute Gasteiger partial charge is 0.480 e. The van der Waals surface area contributed by atoms with E-state index in [1.165, 1.54) is 64.2 Å². The molecule has 0 saturated heterocycles. The van der Waals surface area contributed by atoms with E-state index in [1.807, 2.05) is 27.7 Å². The van der Waals surface area contributed by atoms with Gasteiger partial charge in [0.1, 0.15) is 6.04 Å². The molecule has 2 amide bonds. The fourth-order valence-corrected chi connectivity index (χ4v) is 5.00. The van der Waals surface area contributed by atoms with Gasteiger partial charge in [0.15, 0.2) is 5.78 Å². The fourth-order valence-electron chi connectivity index (χ4n) is 5.00. The molecule has 0 aliphatic carbocycles. The number of carbonyl (C=O) groups is 4. The third-order valence-electron chi connectivity index (χ3n) is 7.49. The van der Waals surface area contributed by atoms with Gasteiger partial charge in [0.2, 0.25) is 11.8 Å². The van der Waals surface area contributed by atoms with Crippen molar-refractivity contribution < 1.29 is 24.3 Å². The molecule has 0 bridgehead atoms. The minimum Gasteiger partial charge on any atom is -0.480 e. The number of unbranched alkanes of at least 4 members (excludes halogenated alkanes) is 13. The molecule has 0 fully saturated rings. The predicted octanol–water partition coefficient (Wildman–Crippen LogP) is 6.70. The molecule has 0 rings (SSSR count). The summed E-state index contributed by atoms with van der Waals surface area (Å²) in [5.74, 6) is -1.42. The van der Waals surface area contributed by atoms with Crippen LogP contribution in [0, 0.1) is 5.92 Å². The lowest BCUT2D eigenvalue weighted by Gasteiger charge is -2.22. The molecule has 0 aromatic heterocycles. The first-order valence-corrected chi connectivity index (χ1v) is 16.7. The molecule has 0 aromatic rings. The second-order valence-corrected chi connectivity index (χ2v) is 12.3. The molecule has 2 atom stereocenters. The Morgan fingerprint density at radius 1 is 0.610 bits per heavy atom. The van der Waals surface area contributed by atoms with Crippen molar-refractivity contribution in [1.82, 2.24) is 16.0 Å². The first-order valence-electron chi connectivity index (χ1n) is 16.7. The average Bonchev–Trinajstić information content (AvgIpc) is 2.91. The van der Waals surface area contributed by atoms with Crippen molar-refractivity contribution in [3.05, 3.63) is 0 Å². The van der Waals surface area contributed by atoms with Crippen molar-refractivity contribution in [2.24, 2.45) is 5.92 Å². The second kappa shape index (κ2) is 25.7. The van der Waals surface area contributed by atoms with Gasteiger partial charge in [0.25, 0.3) is 0 Å². The molecule has 240 valence electrons. The van der Waals surface area contributed by atoms with E-state index < -0.39 is 12.0 Å². The van der Waals surface area contributed by atoms with Gasteiger partial charge in [0, 0.05) is 31.3 Å². The molecule has 0 spiro atoms. The summed E-state index contributed by atoms with van der Waals surface area (Å²) in [5.41, 5.74) is 0. The maximum atomic E-state index is 12.4. The van der Waals surface area contributed by atoms with Gasteiger partial charge in [0.05, 0.1) is 6.04 Å². The molecule has 0 unspecified atom stereocenters. The number of rotatable bonds is 28. The number of aliphatic carboxylic acids is 1. The van der Waals surface area contributed by atoms with Gasteiger partial charge in [-0.15, -0.1) is 0 Å². The summed E-state index contributed by atoms with van der Waals surface area (Å²) >= 11 is 0. The molecule has 8 nitrogen and oxygen atoms in total. The molecule has 0 aliphatic heterocycles. The number of nitrogens with one attached hydrogen (secondary N) is 3. The van der Waals surface area contributed by atoms with Gasteiger partial charge in [-0.25, -0.2) is 4.79 Å². The Morgan fingerprint density at radius 3 is 1.63 bits per heavy atom. The highest BCUT2D eigenvalue weighted by atomic mass is 16.4. The Balaban J connectivity index is 3.98. The van der Waals surface area contributed by atoms with Gasteiger partial charge in [-0.2, -0.15) is 0 Å². The second-order valence-electron chi connectivity index (χ2n) is 12.3. The lowest BCUT2D eigenvalue weighted by Crippen LogP contribution is -2.42. The molecule has 0 radical (unpaired) electrons. The Morgan fingerprint density at radius 2 is 1.15 bits per heavy atom. The van der Waals surface area contributed by atoms with Crippen molar-refractivity contribution in [1.29, 1.82) is 0 Å². The molecule has 0 saturated carbocycles. The predicted molar refractivity (Wildman–Crippen MR) is 168 cm³/mol. The quantitative estimate of drug-likeness (QED) is 0.0763. The number of carboxylic acid groups (broad SMARTS) is 1. The molecule has 0 aromatic carbocycles. The van der Waals surface area contributed by atoms with E-state index in [9.17, 15) is 24.3 Å². The van der Waals surface area contributed by atoms with Gasteiger partial charge in [-0.05, 0) is 32.1 Å². The molecule has 8 heteroatoms. The minimum absolute atomic E-state index is 0.0250. The van der Waals surface area contributed by atoms with Crippen LogP contribution in [0.1, 0.15) is 157 Å². The van der Waals surface area contributed by atoms with E-state index in [4.69, 9.17) is 0 Å². The van der Waals surface area contributed by atoms with Crippen LogP contribution in [0.2, 0.25) is 0 Å². The molecule has 41 heavy (non-hydrogen) atoms. The topological polar surface area (TPSA) is 125 Å². The van der Waals surface area contributed by atoms with E-state index >= 15 is 0 Å². The third-order valence-corrected chi connectivity index (χ3v) is 7.49. The first kappa shape index (κ1) is 39.0. The SMILES string of the molecule is CCCCCCCCCCCCCCCC(=O)N[C@@H](CCC(=O)NCCCC[C@H](NC(C)C)C(=O)C(C)C)C(=O)O. The summed E-state index contributed by atoms with van der Waals surface area (Å²) in [6, 6.07) is -1.01. The zero-order valence-electron chi connectivity index (χ0n) is 27.0. The Kier molecular flexibility index (Phi) is 24.5. The van der Waals surface area contributed by atoms with E-state index in [2.05, 4.69) is 22.9 Å². The normalized spacial score (nSPS) is 12.9. The van der Waals surface area contributed by atoms with Gasteiger partial charge in [-0.3, -0.25) is 14.4 Å². The Labute approximate surface area is 251 Å². The third kappa shape index (κ3) is 23.3. The van der Waals surface area contributed by atoms with Crippen LogP contribution in [-0.4, -0.2) is 53.3 Å². The van der Waals surface area contributed by atoms with Crippen LogP contribution in [0.5, 0.6) is 0 Å². The van der Waals surface area contributed by atoms with Crippen LogP contribution < -0.4 is 16.0 Å². The summed E-state index contributed by atoms with van der Waals surface area (Å²) < 4.78 is 0. The number of carbonyl (C=O) groups excluding carboxylic acids is 3. The monoisotopic (exact) mass is 581 g/mol. The van der Waals surface area contributed by atoms with Crippen LogP contribution in [0.3, 0.4) is 0 Å². The van der Waals surface area contributed by atoms with Gasteiger partial charge in [-0.1, -0.05) is 112 Å². The van der Waals surface area contributed by atoms with E-state index in [0.717, 1.165) is 38.5 Å². The van der Waals surface area contributed by atoms with Crippen LogP contribution in [-0.2, 0) is 19.2 Å². The highest BCUT2D eigenvalue weighted by Crippen LogP contribution is 2.13. The highest BCUT2D eigenvalue weighted by molar-refractivity contribution is 5.86. The van der Waals surface area contributed by atoms with Crippen molar-refractivity contribution in [3.8, 4) is 0 Å². The summed E-state index contributed by atoms with van der Waals surface area (Å²) in [5, 5.41) is 18.2. The van der Waals surface area contributed by atoms with Crippen molar-refractivity contribution in [3.63, 3.8) is 0 Å². The van der Waals surface area contributed by atoms with Crippen LogP contribution in [0.25, 0.3) is 0 Å². The minimum atomic E-state index is -1.12. The maximum Gasteiger partial charge on any atom is 0.326 e. The highest BCUT2D eigenvalue weighted by Gasteiger charge is 2.22.